The van der Waals surface area contributed by atoms with E-state index < -0.39 is 11.6 Å². The van der Waals surface area contributed by atoms with Crippen LogP contribution in [0, 0.1) is 16.4 Å². The lowest BCUT2D eigenvalue weighted by atomic mass is 10.2. The normalized spacial score (nSPS) is 11.2. The quantitative estimate of drug-likeness (QED) is 0.447. The maximum Gasteiger partial charge on any atom is 0.182 e. The molecular formula is C13H6BrClF2N2S. The molecule has 0 aliphatic rings. The molecule has 20 heavy (non-hydrogen) atoms. The van der Waals surface area contributed by atoms with Crippen LogP contribution in [0.1, 0.15) is 0 Å². The Bertz CT molecular complexity index is 888. The summed E-state index contributed by atoms with van der Waals surface area (Å²) in [4.78, 5) is 2.95. The third-order valence-corrected chi connectivity index (χ3v) is 4.08. The number of nitrogens with zero attached hydrogens (tertiary/aromatic N) is 1. The Morgan fingerprint density at radius 2 is 1.95 bits per heavy atom. The van der Waals surface area contributed by atoms with E-state index in [0.29, 0.717) is 16.1 Å². The number of H-pyrrole nitrogens is 1. The fourth-order valence-electron chi connectivity index (χ4n) is 2.03. The minimum absolute atomic E-state index is 0.127. The second kappa shape index (κ2) is 4.95. The lowest BCUT2D eigenvalue weighted by Gasteiger charge is -2.08. The average molecular weight is 376 g/mol. The Hall–Kier alpha value is -1.24. The van der Waals surface area contributed by atoms with Crippen LogP contribution in [0.25, 0.3) is 16.7 Å². The molecule has 7 heteroatoms. The third-order valence-electron chi connectivity index (χ3n) is 2.89. The van der Waals surface area contributed by atoms with Crippen molar-refractivity contribution in [1.29, 1.82) is 0 Å². The summed E-state index contributed by atoms with van der Waals surface area (Å²) in [6, 6.07) is 7.36. The van der Waals surface area contributed by atoms with Gasteiger partial charge in [-0.25, -0.2) is 8.78 Å². The fourth-order valence-corrected chi connectivity index (χ4v) is 2.92. The lowest BCUT2D eigenvalue weighted by Crippen LogP contribution is -1.99. The highest BCUT2D eigenvalue weighted by Crippen LogP contribution is 2.29. The summed E-state index contributed by atoms with van der Waals surface area (Å²) < 4.78 is 29.3. The molecule has 0 aliphatic heterocycles. The zero-order chi connectivity index (χ0) is 14.4. The van der Waals surface area contributed by atoms with Crippen LogP contribution in [-0.4, -0.2) is 9.55 Å². The standard InChI is InChI=1S/C13H6BrClF2N2S/c14-6-4-11(9(17)5-8(6)16)19-12-7(15)2-1-3-10(12)18-13(19)20/h1-5H,(H,18,20). The number of benzene rings is 2. The molecule has 3 aromatic rings. The van der Waals surface area contributed by atoms with E-state index in [2.05, 4.69) is 20.9 Å². The molecule has 1 aromatic heterocycles. The minimum atomic E-state index is -0.720. The molecule has 0 radical (unpaired) electrons. The Kier molecular flexibility index (Phi) is 3.40. The van der Waals surface area contributed by atoms with Crippen LogP contribution in [0.5, 0.6) is 0 Å². The van der Waals surface area contributed by atoms with Crippen LogP contribution in [0.3, 0.4) is 0 Å². The summed E-state index contributed by atoms with van der Waals surface area (Å²) in [7, 11) is 0. The highest BCUT2D eigenvalue weighted by Gasteiger charge is 2.15. The Labute approximate surface area is 131 Å². The number of aromatic nitrogens is 2. The number of halogens is 4. The molecule has 0 saturated carbocycles. The van der Waals surface area contributed by atoms with Gasteiger partial charge >= 0.3 is 0 Å². The van der Waals surface area contributed by atoms with E-state index >= 15 is 0 Å². The first-order valence-electron chi connectivity index (χ1n) is 5.53. The number of nitrogens with one attached hydrogen (secondary N) is 1. The van der Waals surface area contributed by atoms with E-state index in [1.807, 2.05) is 0 Å². The molecule has 0 bridgehead atoms. The molecule has 1 N–H and O–H groups in total. The number of aromatic amines is 1. The maximum absolute atomic E-state index is 14.0. The van der Waals surface area contributed by atoms with Gasteiger partial charge in [-0.3, -0.25) is 4.57 Å². The van der Waals surface area contributed by atoms with Gasteiger partial charge in [0, 0.05) is 6.07 Å². The van der Waals surface area contributed by atoms with Gasteiger partial charge < -0.3 is 4.98 Å². The molecule has 0 amide bonds. The van der Waals surface area contributed by atoms with Crippen molar-refractivity contribution >= 4 is 50.8 Å². The molecule has 102 valence electrons. The number of hydrogen-bond donors (Lipinski definition) is 1. The molecule has 3 rings (SSSR count). The SMILES string of the molecule is Fc1cc(F)c(-n2c(=S)[nH]c3cccc(Cl)c32)cc1Br. The number of para-hydroxylation sites is 1. The van der Waals surface area contributed by atoms with Crippen molar-refractivity contribution in [1.82, 2.24) is 9.55 Å². The van der Waals surface area contributed by atoms with Crippen LogP contribution in [0.4, 0.5) is 8.78 Å². The molecule has 2 aromatic carbocycles. The van der Waals surface area contributed by atoms with Crippen molar-refractivity contribution in [3.63, 3.8) is 0 Å². The van der Waals surface area contributed by atoms with E-state index in [0.717, 1.165) is 6.07 Å². The first-order valence-corrected chi connectivity index (χ1v) is 7.11. The summed E-state index contributed by atoms with van der Waals surface area (Å²) in [5.74, 6) is -1.40. The minimum Gasteiger partial charge on any atom is -0.330 e. The van der Waals surface area contributed by atoms with Crippen molar-refractivity contribution in [2.75, 3.05) is 0 Å². The first kappa shape index (κ1) is 13.7. The molecule has 0 unspecified atom stereocenters. The number of hydrogen-bond acceptors (Lipinski definition) is 1. The zero-order valence-electron chi connectivity index (χ0n) is 9.75. The predicted molar refractivity (Wildman–Crippen MR) is 81.1 cm³/mol. The summed E-state index contributed by atoms with van der Waals surface area (Å²) in [5.41, 5.74) is 1.36. The maximum atomic E-state index is 14.0. The molecule has 0 aliphatic carbocycles. The topological polar surface area (TPSA) is 20.7 Å². The molecule has 0 fully saturated rings. The third kappa shape index (κ3) is 2.08. The van der Waals surface area contributed by atoms with E-state index in [1.54, 1.807) is 18.2 Å². The van der Waals surface area contributed by atoms with Gasteiger partial charge in [0.1, 0.15) is 11.6 Å². The van der Waals surface area contributed by atoms with Crippen LogP contribution in [-0.2, 0) is 0 Å². The van der Waals surface area contributed by atoms with Crippen molar-refractivity contribution in [2.24, 2.45) is 0 Å². The van der Waals surface area contributed by atoms with E-state index in [1.165, 1.54) is 10.6 Å². The van der Waals surface area contributed by atoms with Crippen molar-refractivity contribution < 1.29 is 8.78 Å². The molecule has 0 spiro atoms. The van der Waals surface area contributed by atoms with Gasteiger partial charge in [-0.05, 0) is 46.3 Å². The molecule has 0 atom stereocenters. The Morgan fingerprint density at radius 3 is 2.70 bits per heavy atom. The highest BCUT2D eigenvalue weighted by atomic mass is 79.9. The number of imidazole rings is 1. The zero-order valence-corrected chi connectivity index (χ0v) is 12.9. The van der Waals surface area contributed by atoms with Crippen LogP contribution in [0.15, 0.2) is 34.8 Å². The van der Waals surface area contributed by atoms with Crippen molar-refractivity contribution in [3.8, 4) is 5.69 Å². The van der Waals surface area contributed by atoms with Crippen molar-refractivity contribution in [3.05, 3.63) is 56.2 Å². The molecular weight excluding hydrogens is 370 g/mol. The van der Waals surface area contributed by atoms with Gasteiger partial charge in [0.05, 0.1) is 26.2 Å². The first-order chi connectivity index (χ1) is 9.49. The van der Waals surface area contributed by atoms with Gasteiger partial charge in [0.15, 0.2) is 4.77 Å². The fraction of sp³-hybridized carbons (Fsp3) is 0. The van der Waals surface area contributed by atoms with E-state index in [4.69, 9.17) is 23.8 Å². The summed E-state index contributed by atoms with van der Waals surface area (Å²) >= 11 is 14.4. The predicted octanol–water partition coefficient (Wildman–Crippen LogP) is 5.38. The molecule has 0 saturated heterocycles. The Balaban J connectivity index is 2.44. The van der Waals surface area contributed by atoms with Crippen molar-refractivity contribution in [2.45, 2.75) is 0 Å². The summed E-state index contributed by atoms with van der Waals surface area (Å²) in [5, 5.41) is 0.426. The van der Waals surface area contributed by atoms with Crippen LogP contribution >= 0.6 is 39.7 Å². The largest absolute Gasteiger partial charge is 0.330 e. The van der Waals surface area contributed by atoms with Gasteiger partial charge in [0.2, 0.25) is 0 Å². The van der Waals surface area contributed by atoms with Gasteiger partial charge in [-0.15, -0.1) is 0 Å². The van der Waals surface area contributed by atoms with Crippen LogP contribution < -0.4 is 0 Å². The smallest absolute Gasteiger partial charge is 0.182 e. The summed E-state index contributed by atoms with van der Waals surface area (Å²) in [6.07, 6.45) is 0. The summed E-state index contributed by atoms with van der Waals surface area (Å²) in [6.45, 7) is 0. The molecule has 2 nitrogen and oxygen atoms in total. The molecule has 1 heterocycles. The van der Waals surface area contributed by atoms with E-state index in [9.17, 15) is 8.78 Å². The second-order valence-corrected chi connectivity index (χ2v) is 5.77. The lowest BCUT2D eigenvalue weighted by molar-refractivity contribution is 0.574. The van der Waals surface area contributed by atoms with Crippen LogP contribution in [0.2, 0.25) is 5.02 Å². The average Bonchev–Trinajstić information content (AvgIpc) is 2.71. The Morgan fingerprint density at radius 1 is 1.20 bits per heavy atom. The van der Waals surface area contributed by atoms with E-state index in [-0.39, 0.29) is 14.9 Å². The number of rotatable bonds is 1. The monoisotopic (exact) mass is 374 g/mol. The van der Waals surface area contributed by atoms with Gasteiger partial charge in [-0.2, -0.15) is 0 Å². The van der Waals surface area contributed by atoms with Gasteiger partial charge in [0.25, 0.3) is 0 Å². The highest BCUT2D eigenvalue weighted by molar-refractivity contribution is 9.10. The second-order valence-electron chi connectivity index (χ2n) is 4.12. The van der Waals surface area contributed by atoms with Gasteiger partial charge in [-0.1, -0.05) is 17.7 Å². The number of fused-ring (bicyclic) bond motifs is 1.